The van der Waals surface area contributed by atoms with Crippen molar-refractivity contribution >= 4 is 5.91 Å². The summed E-state index contributed by atoms with van der Waals surface area (Å²) in [5, 5.41) is 6.60. The first-order valence-electron chi connectivity index (χ1n) is 9.41. The number of carbonyl (C=O) groups excluding carboxylic acids is 1. The maximum Gasteiger partial charge on any atom is 0.387 e. The molecule has 1 amide bonds. The molecule has 164 valence electrons. The van der Waals surface area contributed by atoms with Gasteiger partial charge in [0.25, 0.3) is 0 Å². The molecule has 1 aromatic heterocycles. The van der Waals surface area contributed by atoms with Crippen molar-refractivity contribution in [1.29, 1.82) is 0 Å². The van der Waals surface area contributed by atoms with Crippen molar-refractivity contribution in [1.82, 2.24) is 15.5 Å². The lowest BCUT2D eigenvalue weighted by Gasteiger charge is -2.12. The summed E-state index contributed by atoms with van der Waals surface area (Å²) in [4.78, 5) is 16.3. The van der Waals surface area contributed by atoms with Crippen LogP contribution >= 0.6 is 0 Å². The minimum Gasteiger partial charge on any atom is -0.493 e. The number of hydrogen-bond acceptors (Lipinski definition) is 6. The molecule has 3 aromatic rings. The molecule has 0 radical (unpaired) electrons. The molecular weight excluding hydrogens is 415 g/mol. The average Bonchev–Trinajstić information content (AvgIpc) is 3.22. The van der Waals surface area contributed by atoms with E-state index in [-0.39, 0.29) is 36.2 Å². The number of hydrogen-bond donors (Lipinski definition) is 1. The van der Waals surface area contributed by atoms with Gasteiger partial charge in [0.15, 0.2) is 11.5 Å². The number of halogens is 3. The summed E-state index contributed by atoms with van der Waals surface area (Å²) in [5.74, 6) is 0.270. The molecule has 31 heavy (non-hydrogen) atoms. The van der Waals surface area contributed by atoms with Gasteiger partial charge in [0, 0.05) is 24.9 Å². The molecule has 0 unspecified atom stereocenters. The molecule has 1 heterocycles. The Balaban J connectivity index is 1.44. The summed E-state index contributed by atoms with van der Waals surface area (Å²) in [6.07, 6.45) is 1.13. The van der Waals surface area contributed by atoms with Gasteiger partial charge in [-0.1, -0.05) is 11.2 Å². The Labute approximate surface area is 176 Å². The van der Waals surface area contributed by atoms with Crippen LogP contribution in [-0.4, -0.2) is 29.8 Å². The smallest absolute Gasteiger partial charge is 0.387 e. The van der Waals surface area contributed by atoms with Crippen molar-refractivity contribution in [3.05, 3.63) is 59.7 Å². The lowest BCUT2D eigenvalue weighted by atomic mass is 10.2. The molecule has 1 N–H and O–H groups in total. The number of nitrogens with zero attached hydrogens (tertiary/aromatic N) is 2. The van der Waals surface area contributed by atoms with E-state index >= 15 is 0 Å². The molecule has 0 spiro atoms. The summed E-state index contributed by atoms with van der Waals surface area (Å²) in [6.45, 7) is -2.75. The Kier molecular flexibility index (Phi) is 7.47. The van der Waals surface area contributed by atoms with Crippen LogP contribution < -0.4 is 14.8 Å². The van der Waals surface area contributed by atoms with Gasteiger partial charge in [0.05, 0.1) is 7.11 Å². The highest BCUT2D eigenvalue weighted by Gasteiger charge is 2.12. The van der Waals surface area contributed by atoms with Crippen LogP contribution in [-0.2, 0) is 17.8 Å². The summed E-state index contributed by atoms with van der Waals surface area (Å²) in [5.41, 5.74) is 1.31. The van der Waals surface area contributed by atoms with Gasteiger partial charge in [-0.15, -0.1) is 0 Å². The SMILES string of the molecule is COc1cc(CNC(=O)CCCc2nc(-c3ccc(F)cc3)no2)ccc1OC(F)F. The molecule has 10 heteroatoms. The molecular formula is C21H20F3N3O4. The minimum absolute atomic E-state index is 0.0767. The Bertz CT molecular complexity index is 1010. The number of carbonyl (C=O) groups is 1. The molecule has 0 saturated heterocycles. The normalized spacial score (nSPS) is 10.9. The number of aryl methyl sites for hydroxylation is 1. The van der Waals surface area contributed by atoms with Crippen molar-refractivity contribution in [3.63, 3.8) is 0 Å². The van der Waals surface area contributed by atoms with Crippen LogP contribution in [0.15, 0.2) is 47.0 Å². The monoisotopic (exact) mass is 435 g/mol. The van der Waals surface area contributed by atoms with Crippen molar-refractivity contribution in [2.24, 2.45) is 0 Å². The zero-order valence-electron chi connectivity index (χ0n) is 16.6. The van der Waals surface area contributed by atoms with Crippen molar-refractivity contribution < 1.29 is 32.0 Å². The molecule has 0 atom stereocenters. The Morgan fingerprint density at radius 2 is 1.94 bits per heavy atom. The Hall–Kier alpha value is -3.56. The van der Waals surface area contributed by atoms with Crippen LogP contribution in [0.5, 0.6) is 11.5 Å². The van der Waals surface area contributed by atoms with Crippen molar-refractivity contribution in [2.75, 3.05) is 7.11 Å². The van der Waals surface area contributed by atoms with Crippen LogP contribution in [0, 0.1) is 5.82 Å². The predicted molar refractivity (Wildman–Crippen MR) is 104 cm³/mol. The van der Waals surface area contributed by atoms with E-state index < -0.39 is 6.61 Å². The highest BCUT2D eigenvalue weighted by molar-refractivity contribution is 5.75. The number of amides is 1. The second-order valence-corrected chi connectivity index (χ2v) is 6.51. The lowest BCUT2D eigenvalue weighted by molar-refractivity contribution is -0.121. The first-order chi connectivity index (χ1) is 14.9. The maximum absolute atomic E-state index is 13.0. The van der Waals surface area contributed by atoms with E-state index in [0.717, 1.165) is 0 Å². The van der Waals surface area contributed by atoms with Crippen molar-refractivity contribution in [3.8, 4) is 22.9 Å². The third kappa shape index (κ3) is 6.46. The molecule has 0 saturated carbocycles. The van der Waals surface area contributed by atoms with Gasteiger partial charge in [0.1, 0.15) is 5.82 Å². The minimum atomic E-state index is -2.95. The maximum atomic E-state index is 13.0. The summed E-state index contributed by atoms with van der Waals surface area (Å²) in [7, 11) is 1.34. The van der Waals surface area contributed by atoms with E-state index in [4.69, 9.17) is 9.26 Å². The van der Waals surface area contributed by atoms with Crippen LogP contribution in [0.2, 0.25) is 0 Å². The first kappa shape index (κ1) is 22.1. The predicted octanol–water partition coefficient (Wildman–Crippen LogP) is 4.12. The number of ether oxygens (including phenoxy) is 2. The van der Waals surface area contributed by atoms with Gasteiger partial charge in [-0.2, -0.15) is 13.8 Å². The third-order valence-corrected chi connectivity index (χ3v) is 4.30. The van der Waals surface area contributed by atoms with Gasteiger partial charge in [-0.25, -0.2) is 4.39 Å². The van der Waals surface area contributed by atoms with E-state index in [1.165, 1.54) is 31.4 Å². The highest BCUT2D eigenvalue weighted by Crippen LogP contribution is 2.29. The van der Waals surface area contributed by atoms with E-state index in [9.17, 15) is 18.0 Å². The second kappa shape index (κ2) is 10.5. The fraction of sp³-hybridized carbons (Fsp3) is 0.286. The van der Waals surface area contributed by atoms with Gasteiger partial charge >= 0.3 is 6.61 Å². The Morgan fingerprint density at radius 3 is 2.65 bits per heavy atom. The van der Waals surface area contributed by atoms with Crippen molar-refractivity contribution in [2.45, 2.75) is 32.4 Å². The zero-order valence-corrected chi connectivity index (χ0v) is 16.6. The second-order valence-electron chi connectivity index (χ2n) is 6.51. The van der Waals surface area contributed by atoms with Gasteiger partial charge in [-0.05, 0) is 48.4 Å². The van der Waals surface area contributed by atoms with E-state index in [0.29, 0.717) is 35.7 Å². The van der Waals surface area contributed by atoms with Gasteiger partial charge in [-0.3, -0.25) is 4.79 Å². The number of rotatable bonds is 10. The van der Waals surface area contributed by atoms with Crippen LogP contribution in [0.1, 0.15) is 24.3 Å². The molecule has 7 nitrogen and oxygen atoms in total. The van der Waals surface area contributed by atoms with Gasteiger partial charge in [0.2, 0.25) is 17.6 Å². The molecule has 3 rings (SSSR count). The number of benzene rings is 2. The van der Waals surface area contributed by atoms with Crippen LogP contribution in [0.3, 0.4) is 0 Å². The highest BCUT2D eigenvalue weighted by atomic mass is 19.3. The molecule has 0 fully saturated rings. The Morgan fingerprint density at radius 1 is 1.16 bits per heavy atom. The molecule has 0 bridgehead atoms. The molecule has 0 aliphatic carbocycles. The number of alkyl halides is 2. The van der Waals surface area contributed by atoms with Crippen LogP contribution in [0.4, 0.5) is 13.2 Å². The summed E-state index contributed by atoms with van der Waals surface area (Å²) < 4.78 is 52.3. The quantitative estimate of drug-likeness (QED) is 0.516. The number of methoxy groups -OCH3 is 1. The lowest BCUT2D eigenvalue weighted by Crippen LogP contribution is -2.22. The van der Waals surface area contributed by atoms with Gasteiger partial charge < -0.3 is 19.3 Å². The summed E-state index contributed by atoms with van der Waals surface area (Å²) in [6, 6.07) is 10.2. The first-order valence-corrected chi connectivity index (χ1v) is 9.41. The molecule has 2 aromatic carbocycles. The zero-order chi connectivity index (χ0) is 22.2. The largest absolute Gasteiger partial charge is 0.493 e. The number of aromatic nitrogens is 2. The van der Waals surface area contributed by atoms with Crippen LogP contribution in [0.25, 0.3) is 11.4 Å². The van der Waals surface area contributed by atoms with E-state index in [2.05, 4.69) is 20.2 Å². The third-order valence-electron chi connectivity index (χ3n) is 4.30. The van der Waals surface area contributed by atoms with E-state index in [1.54, 1.807) is 18.2 Å². The molecule has 0 aliphatic rings. The van der Waals surface area contributed by atoms with E-state index in [1.807, 2.05) is 0 Å². The molecule has 0 aliphatic heterocycles. The standard InChI is InChI=1S/C21H20F3N3O4/c1-29-17-11-13(5-10-16(17)30-21(23)24)12-25-18(28)3-2-4-19-26-20(27-31-19)14-6-8-15(22)9-7-14/h5-11,21H,2-4,12H2,1H3,(H,25,28). The number of nitrogens with one attached hydrogen (secondary N) is 1. The average molecular weight is 435 g/mol. The fourth-order valence-electron chi connectivity index (χ4n) is 2.78. The topological polar surface area (TPSA) is 86.5 Å². The fourth-order valence-corrected chi connectivity index (χ4v) is 2.78. The summed E-state index contributed by atoms with van der Waals surface area (Å²) >= 11 is 0.